The molecule has 2 nitrogen and oxygen atoms in total. The second kappa shape index (κ2) is 5.81. The van der Waals surface area contributed by atoms with E-state index >= 15 is 0 Å². The van der Waals surface area contributed by atoms with Crippen LogP contribution in [0.1, 0.15) is 19.8 Å². The van der Waals surface area contributed by atoms with Crippen LogP contribution in [0.15, 0.2) is 12.2 Å². The number of alkyl halides is 5. The van der Waals surface area contributed by atoms with Gasteiger partial charge >= 0.3 is 18.1 Å². The molecule has 0 N–H and O–H groups in total. The molecule has 0 saturated heterocycles. The largest absolute Gasteiger partial charge is 0.463 e. The first-order valence-electron chi connectivity index (χ1n) is 4.44. The van der Waals surface area contributed by atoms with E-state index in [1.807, 2.05) is 0 Å². The van der Waals surface area contributed by atoms with E-state index < -0.39 is 37.5 Å². The zero-order valence-electron chi connectivity index (χ0n) is 8.48. The van der Waals surface area contributed by atoms with E-state index in [0.29, 0.717) is 0 Å². The summed E-state index contributed by atoms with van der Waals surface area (Å²) < 4.78 is 64.0. The molecular weight excluding hydrogens is 235 g/mol. The van der Waals surface area contributed by atoms with Crippen LogP contribution >= 0.6 is 0 Å². The highest BCUT2D eigenvalue weighted by Crippen LogP contribution is 2.38. The first-order chi connectivity index (χ1) is 7.20. The van der Waals surface area contributed by atoms with Crippen LogP contribution in [0.5, 0.6) is 0 Å². The highest BCUT2D eigenvalue weighted by molar-refractivity contribution is 5.81. The molecule has 0 heterocycles. The van der Waals surface area contributed by atoms with Gasteiger partial charge in [-0.3, -0.25) is 0 Å². The molecule has 0 unspecified atom stereocenters. The van der Waals surface area contributed by atoms with E-state index in [2.05, 4.69) is 4.74 Å². The first-order valence-corrected chi connectivity index (χ1v) is 4.44. The summed E-state index contributed by atoms with van der Waals surface area (Å²) in [6.45, 7) is 1.08. The molecule has 0 amide bonds. The third-order valence-electron chi connectivity index (χ3n) is 1.60. The number of rotatable bonds is 5. The van der Waals surface area contributed by atoms with Crippen LogP contribution in [0.2, 0.25) is 0 Å². The first kappa shape index (κ1) is 14.9. The molecule has 0 aliphatic heterocycles. The molecule has 0 rings (SSSR count). The van der Waals surface area contributed by atoms with Crippen LogP contribution in [0, 0.1) is 0 Å². The predicted octanol–water partition coefficient (Wildman–Crippen LogP) is 3.08. The highest BCUT2D eigenvalue weighted by atomic mass is 19.4. The van der Waals surface area contributed by atoms with Gasteiger partial charge in [-0.1, -0.05) is 6.08 Å². The molecule has 16 heavy (non-hydrogen) atoms. The van der Waals surface area contributed by atoms with Gasteiger partial charge in [-0.25, -0.2) is 4.79 Å². The van der Waals surface area contributed by atoms with Crippen LogP contribution in [0.25, 0.3) is 0 Å². The molecule has 94 valence electrons. The van der Waals surface area contributed by atoms with Gasteiger partial charge in [-0.05, 0) is 13.3 Å². The van der Waals surface area contributed by atoms with Crippen LogP contribution in [0.4, 0.5) is 22.0 Å². The topological polar surface area (TPSA) is 26.3 Å². The van der Waals surface area contributed by atoms with E-state index in [1.54, 1.807) is 6.92 Å². The molecule has 0 aliphatic rings. The zero-order chi connectivity index (χ0) is 12.8. The van der Waals surface area contributed by atoms with Gasteiger partial charge in [0.2, 0.25) is 0 Å². The number of hydrogen-bond acceptors (Lipinski definition) is 2. The van der Waals surface area contributed by atoms with E-state index in [1.165, 1.54) is 6.08 Å². The molecule has 0 spiro atoms. The highest BCUT2D eigenvalue weighted by Gasteiger charge is 2.56. The van der Waals surface area contributed by atoms with Crippen molar-refractivity contribution in [3.63, 3.8) is 0 Å². The second-order valence-electron chi connectivity index (χ2n) is 2.97. The summed E-state index contributed by atoms with van der Waals surface area (Å²) in [6, 6.07) is 0. The van der Waals surface area contributed by atoms with Crippen molar-refractivity contribution in [1.29, 1.82) is 0 Å². The minimum absolute atomic E-state index is 0.463. The molecule has 0 aliphatic carbocycles. The van der Waals surface area contributed by atoms with Gasteiger partial charge in [-0.2, -0.15) is 22.0 Å². The van der Waals surface area contributed by atoms with Crippen molar-refractivity contribution in [3.05, 3.63) is 12.2 Å². The van der Waals surface area contributed by atoms with Crippen molar-refractivity contribution < 1.29 is 31.5 Å². The average molecular weight is 246 g/mol. The van der Waals surface area contributed by atoms with Crippen LogP contribution in [-0.4, -0.2) is 24.7 Å². The quantitative estimate of drug-likeness (QED) is 0.322. The minimum atomic E-state index is -5.56. The van der Waals surface area contributed by atoms with Gasteiger partial charge in [0.15, 0.2) is 0 Å². The van der Waals surface area contributed by atoms with E-state index in [0.717, 1.165) is 6.08 Å². The van der Waals surface area contributed by atoms with Crippen molar-refractivity contribution in [3.8, 4) is 0 Å². The lowest BCUT2D eigenvalue weighted by Gasteiger charge is -2.18. The fraction of sp³-hybridized carbons (Fsp3) is 0.667. The van der Waals surface area contributed by atoms with Gasteiger partial charge in [0.25, 0.3) is 0 Å². The Balaban J connectivity index is 3.87. The lowest BCUT2D eigenvalue weighted by atomic mass is 10.2. The summed E-state index contributed by atoms with van der Waals surface area (Å²) in [5.74, 6) is -5.50. The van der Waals surface area contributed by atoms with Crippen molar-refractivity contribution >= 4 is 5.97 Å². The molecule has 0 aromatic carbocycles. The Hall–Kier alpha value is -1.14. The fourth-order valence-corrected chi connectivity index (χ4v) is 0.793. The Morgan fingerprint density at radius 3 is 2.25 bits per heavy atom. The molecular formula is C9H11F5O2. The van der Waals surface area contributed by atoms with Gasteiger partial charge in [0.1, 0.15) is 0 Å². The Morgan fingerprint density at radius 2 is 1.81 bits per heavy atom. The maximum Gasteiger partial charge on any atom is 0.453 e. The smallest absolute Gasteiger partial charge is 0.453 e. The van der Waals surface area contributed by atoms with Crippen LogP contribution in [-0.2, 0) is 9.53 Å². The van der Waals surface area contributed by atoms with Crippen molar-refractivity contribution in [2.45, 2.75) is 31.9 Å². The normalized spacial score (nSPS) is 13.1. The molecule has 0 aromatic heterocycles. The maximum atomic E-state index is 12.3. The summed E-state index contributed by atoms with van der Waals surface area (Å²) in [5, 5.41) is 0. The van der Waals surface area contributed by atoms with Crippen LogP contribution < -0.4 is 0 Å². The molecule has 0 saturated carbocycles. The van der Waals surface area contributed by atoms with Crippen LogP contribution in [0.3, 0.4) is 0 Å². The number of halogens is 5. The third-order valence-corrected chi connectivity index (χ3v) is 1.60. The summed E-state index contributed by atoms with van der Waals surface area (Å²) in [4.78, 5) is 10.6. The van der Waals surface area contributed by atoms with Crippen molar-refractivity contribution in [2.75, 3.05) is 6.61 Å². The van der Waals surface area contributed by atoms with Crippen molar-refractivity contribution in [2.24, 2.45) is 0 Å². The molecule has 7 heteroatoms. The lowest BCUT2D eigenvalue weighted by molar-refractivity contribution is -0.284. The van der Waals surface area contributed by atoms with E-state index in [-0.39, 0.29) is 0 Å². The number of esters is 1. The van der Waals surface area contributed by atoms with Crippen molar-refractivity contribution in [1.82, 2.24) is 0 Å². The summed E-state index contributed by atoms with van der Waals surface area (Å²) in [7, 11) is 0. The molecule has 0 radical (unpaired) electrons. The van der Waals surface area contributed by atoms with Gasteiger partial charge in [0.05, 0.1) is 6.61 Å². The Labute approximate surface area is 89.1 Å². The number of hydrogen-bond donors (Lipinski definition) is 0. The Bertz CT molecular complexity index is 257. The Kier molecular flexibility index (Phi) is 5.40. The third kappa shape index (κ3) is 5.09. The summed E-state index contributed by atoms with van der Waals surface area (Å²) in [6.07, 6.45) is -5.08. The SMILES string of the molecule is CC=CC(=O)OCCCC(F)(F)C(F)(F)F. The minimum Gasteiger partial charge on any atom is -0.463 e. The Morgan fingerprint density at radius 1 is 1.25 bits per heavy atom. The van der Waals surface area contributed by atoms with Gasteiger partial charge in [0, 0.05) is 12.5 Å². The lowest BCUT2D eigenvalue weighted by Crippen LogP contribution is -2.36. The van der Waals surface area contributed by atoms with Gasteiger partial charge in [-0.15, -0.1) is 0 Å². The monoisotopic (exact) mass is 246 g/mol. The summed E-state index contributed by atoms with van der Waals surface area (Å²) >= 11 is 0. The number of carbonyl (C=O) groups is 1. The summed E-state index contributed by atoms with van der Waals surface area (Å²) in [5.41, 5.74) is 0. The van der Waals surface area contributed by atoms with Gasteiger partial charge < -0.3 is 4.74 Å². The van der Waals surface area contributed by atoms with E-state index in [4.69, 9.17) is 0 Å². The fourth-order valence-electron chi connectivity index (χ4n) is 0.793. The molecule has 0 fully saturated rings. The molecule has 0 atom stereocenters. The standard InChI is InChI=1S/C9H11F5O2/c1-2-4-7(15)16-6-3-5-8(10,11)9(12,13)14/h2,4H,3,5-6H2,1H3. The number of ether oxygens (including phenoxy) is 1. The number of carbonyl (C=O) groups excluding carboxylic acids is 1. The average Bonchev–Trinajstić information content (AvgIpc) is 2.11. The number of allylic oxidation sites excluding steroid dienone is 1. The molecule has 0 bridgehead atoms. The zero-order valence-corrected chi connectivity index (χ0v) is 8.48. The maximum absolute atomic E-state index is 12.3. The predicted molar refractivity (Wildman–Crippen MR) is 46.0 cm³/mol. The second-order valence-corrected chi connectivity index (χ2v) is 2.97. The van der Waals surface area contributed by atoms with E-state index in [9.17, 15) is 26.7 Å². The molecule has 0 aromatic rings.